The molecule has 1 heterocycles. The quantitative estimate of drug-likeness (QED) is 0.751. The Balaban J connectivity index is 3.34. The fourth-order valence-electron chi connectivity index (χ4n) is 0.460. The molecule has 0 aliphatic carbocycles. The van der Waals surface area contributed by atoms with Gasteiger partial charge in [-0.1, -0.05) is 0 Å². The molecule has 1 N–H and O–H groups in total. The van der Waals surface area contributed by atoms with Crippen LogP contribution in [-0.2, 0) is 0 Å². The van der Waals surface area contributed by atoms with Crippen molar-refractivity contribution in [3.63, 3.8) is 0 Å². The van der Waals surface area contributed by atoms with E-state index in [-0.39, 0.29) is 5.56 Å². The Hall–Kier alpha value is -0.240. The van der Waals surface area contributed by atoms with Crippen LogP contribution in [0.25, 0.3) is 0 Å². The highest BCUT2D eigenvalue weighted by molar-refractivity contribution is 14.2. The molecule has 0 unspecified atom stereocenters. The van der Waals surface area contributed by atoms with E-state index in [0.29, 0.717) is 0 Å². The predicted molar refractivity (Wildman–Crippen MR) is 48.3 cm³/mol. The molecule has 0 aliphatic heterocycles. The number of hydrogen-bond donors (Lipinski definition) is 1. The first-order valence-corrected chi connectivity index (χ1v) is 5.67. The highest BCUT2D eigenvalue weighted by Crippen LogP contribution is 2.09. The lowest BCUT2D eigenvalue weighted by atomic mass is 10.7. The molecule has 1 rings (SSSR count). The maximum absolute atomic E-state index is 10.8. The van der Waals surface area contributed by atoms with Crippen molar-refractivity contribution in [2.24, 2.45) is 0 Å². The SMILES string of the molecule is O=c1ccn(SI)c(=O)[nH]1. The lowest BCUT2D eigenvalue weighted by Gasteiger charge is -1.92. The van der Waals surface area contributed by atoms with Gasteiger partial charge in [-0.25, -0.2) is 8.77 Å². The molecular formula is C4H3IN2O2S. The lowest BCUT2D eigenvalue weighted by Crippen LogP contribution is -2.24. The fraction of sp³-hybridized carbons (Fsp3) is 0. The first-order chi connectivity index (χ1) is 4.74. The van der Waals surface area contributed by atoms with Gasteiger partial charge < -0.3 is 0 Å². The van der Waals surface area contributed by atoms with Gasteiger partial charge in [0.25, 0.3) is 5.56 Å². The molecule has 10 heavy (non-hydrogen) atoms. The zero-order valence-corrected chi connectivity index (χ0v) is 7.68. The molecule has 0 fully saturated rings. The molecule has 0 saturated carbocycles. The Labute approximate surface area is 72.4 Å². The van der Waals surface area contributed by atoms with E-state index in [0.717, 1.165) is 0 Å². The molecule has 0 saturated heterocycles. The summed E-state index contributed by atoms with van der Waals surface area (Å²) in [7, 11) is 1.21. The van der Waals surface area contributed by atoms with E-state index in [1.54, 1.807) is 0 Å². The summed E-state index contributed by atoms with van der Waals surface area (Å²) < 4.78 is 1.32. The fourth-order valence-corrected chi connectivity index (χ4v) is 1.61. The van der Waals surface area contributed by atoms with Gasteiger partial charge in [-0.15, -0.1) is 0 Å². The monoisotopic (exact) mass is 270 g/mol. The average Bonchev–Trinajstić information content (AvgIpc) is 1.88. The molecule has 6 heteroatoms. The molecule has 4 nitrogen and oxygen atoms in total. The van der Waals surface area contributed by atoms with E-state index in [9.17, 15) is 9.59 Å². The number of rotatable bonds is 1. The molecule has 0 aromatic carbocycles. The van der Waals surface area contributed by atoms with E-state index >= 15 is 0 Å². The Morgan fingerprint density at radius 2 is 2.30 bits per heavy atom. The zero-order chi connectivity index (χ0) is 7.56. The van der Waals surface area contributed by atoms with Crippen molar-refractivity contribution in [1.29, 1.82) is 0 Å². The first kappa shape index (κ1) is 7.86. The molecule has 1 aromatic heterocycles. The first-order valence-electron chi connectivity index (χ1n) is 2.35. The third-order valence-corrected chi connectivity index (χ3v) is 2.58. The third kappa shape index (κ3) is 1.63. The van der Waals surface area contributed by atoms with Crippen molar-refractivity contribution in [1.82, 2.24) is 8.96 Å². The van der Waals surface area contributed by atoms with Crippen LogP contribution in [-0.4, -0.2) is 8.96 Å². The van der Waals surface area contributed by atoms with Gasteiger partial charge in [0.2, 0.25) is 0 Å². The second kappa shape index (κ2) is 3.24. The second-order valence-corrected chi connectivity index (χ2v) is 3.22. The summed E-state index contributed by atoms with van der Waals surface area (Å²) >= 11 is 1.95. The Morgan fingerprint density at radius 1 is 1.60 bits per heavy atom. The van der Waals surface area contributed by atoms with Gasteiger partial charge in [-0.3, -0.25) is 9.78 Å². The van der Waals surface area contributed by atoms with E-state index in [2.05, 4.69) is 4.98 Å². The summed E-state index contributed by atoms with van der Waals surface area (Å²) in [6.45, 7) is 0. The van der Waals surface area contributed by atoms with E-state index in [1.165, 1.54) is 25.4 Å². The van der Waals surface area contributed by atoms with Crippen LogP contribution in [0.1, 0.15) is 0 Å². The summed E-state index contributed by atoms with van der Waals surface area (Å²) in [6, 6.07) is 1.30. The number of hydrogen-bond acceptors (Lipinski definition) is 3. The normalized spacial score (nSPS) is 9.70. The van der Waals surface area contributed by atoms with Crippen LogP contribution in [0.3, 0.4) is 0 Å². The molecule has 1 aromatic rings. The summed E-state index contributed by atoms with van der Waals surface area (Å²) in [6.07, 6.45) is 1.43. The summed E-state index contributed by atoms with van der Waals surface area (Å²) in [5.74, 6) is 0. The van der Waals surface area contributed by atoms with Crippen molar-refractivity contribution < 1.29 is 0 Å². The van der Waals surface area contributed by atoms with E-state index in [1.807, 2.05) is 21.2 Å². The van der Waals surface area contributed by atoms with Crippen molar-refractivity contribution in [3.05, 3.63) is 33.1 Å². The smallest absolute Gasteiger partial charge is 0.273 e. The van der Waals surface area contributed by atoms with Crippen molar-refractivity contribution in [2.45, 2.75) is 0 Å². The maximum Gasteiger partial charge on any atom is 0.339 e. The Kier molecular flexibility index (Phi) is 2.55. The molecule has 0 aliphatic rings. The second-order valence-electron chi connectivity index (χ2n) is 1.50. The molecular weight excluding hydrogens is 267 g/mol. The largest absolute Gasteiger partial charge is 0.339 e. The lowest BCUT2D eigenvalue weighted by molar-refractivity contribution is 0.995. The molecule has 0 spiro atoms. The van der Waals surface area contributed by atoms with Crippen LogP contribution in [0.5, 0.6) is 0 Å². The summed E-state index contributed by atoms with van der Waals surface area (Å²) in [5, 5.41) is 0. The highest BCUT2D eigenvalue weighted by atomic mass is 127. The number of aromatic nitrogens is 2. The minimum absolute atomic E-state index is 0.369. The minimum Gasteiger partial charge on any atom is -0.273 e. The minimum atomic E-state index is -0.396. The Bertz CT molecular complexity index is 331. The van der Waals surface area contributed by atoms with Gasteiger partial charge in [0.15, 0.2) is 0 Å². The van der Waals surface area contributed by atoms with Gasteiger partial charge >= 0.3 is 5.69 Å². The van der Waals surface area contributed by atoms with Gasteiger partial charge in [-0.2, -0.15) is 0 Å². The molecule has 0 bridgehead atoms. The molecule has 0 radical (unpaired) electrons. The number of aromatic amines is 1. The standard InChI is InChI=1S/C4H3IN2O2S/c5-10-7-2-1-3(8)6-4(7)9/h1-2H,(H,6,8,9). The van der Waals surface area contributed by atoms with Crippen LogP contribution in [0.15, 0.2) is 21.9 Å². The number of nitrogens with zero attached hydrogens (tertiary/aromatic N) is 1. The molecule has 0 amide bonds. The van der Waals surface area contributed by atoms with Crippen LogP contribution in [0.2, 0.25) is 0 Å². The average molecular weight is 270 g/mol. The van der Waals surface area contributed by atoms with E-state index in [4.69, 9.17) is 0 Å². The van der Waals surface area contributed by atoms with Gasteiger partial charge in [0, 0.05) is 42.6 Å². The third-order valence-electron chi connectivity index (χ3n) is 0.866. The maximum atomic E-state index is 10.8. The van der Waals surface area contributed by atoms with Crippen molar-refractivity contribution >= 4 is 30.3 Å². The molecule has 0 atom stereocenters. The summed E-state index contributed by atoms with van der Waals surface area (Å²) in [4.78, 5) is 23.3. The zero-order valence-electron chi connectivity index (χ0n) is 4.70. The van der Waals surface area contributed by atoms with Gasteiger partial charge in [0.1, 0.15) is 0 Å². The molecule has 54 valence electrons. The van der Waals surface area contributed by atoms with Crippen LogP contribution < -0.4 is 11.2 Å². The van der Waals surface area contributed by atoms with Crippen molar-refractivity contribution in [3.8, 4) is 0 Å². The number of nitrogens with one attached hydrogen (secondary N) is 1. The van der Waals surface area contributed by atoms with Crippen LogP contribution >= 0.6 is 30.3 Å². The highest BCUT2D eigenvalue weighted by Gasteiger charge is 1.91. The number of H-pyrrole nitrogens is 1. The van der Waals surface area contributed by atoms with Gasteiger partial charge in [0.05, 0.1) is 0 Å². The Morgan fingerprint density at radius 3 is 2.80 bits per heavy atom. The van der Waals surface area contributed by atoms with Crippen molar-refractivity contribution in [2.75, 3.05) is 0 Å². The predicted octanol–water partition coefficient (Wildman–Crippen LogP) is 0.383. The topological polar surface area (TPSA) is 54.9 Å². The van der Waals surface area contributed by atoms with Crippen LogP contribution in [0, 0.1) is 0 Å². The summed E-state index contributed by atoms with van der Waals surface area (Å²) in [5.41, 5.74) is -0.765. The number of halogens is 1. The van der Waals surface area contributed by atoms with Crippen LogP contribution in [0.4, 0.5) is 0 Å². The van der Waals surface area contributed by atoms with E-state index < -0.39 is 5.69 Å². The van der Waals surface area contributed by atoms with Gasteiger partial charge in [-0.05, 0) is 0 Å².